The largest absolute Gasteiger partial charge is 0.473 e. The van der Waals surface area contributed by atoms with E-state index in [4.69, 9.17) is 19.8 Å². The molecule has 4 N–H and O–H groups in total. The summed E-state index contributed by atoms with van der Waals surface area (Å²) in [6.07, 6.45) is 6.98. The summed E-state index contributed by atoms with van der Waals surface area (Å²) in [5, 5.41) is 24.7. The summed E-state index contributed by atoms with van der Waals surface area (Å²) < 4.78 is 4.41. The average Bonchev–Trinajstić information content (AvgIpc) is 2.86. The number of nitrogens with zero attached hydrogens (tertiary/aromatic N) is 2. The van der Waals surface area contributed by atoms with E-state index in [1.165, 1.54) is 22.2 Å². The van der Waals surface area contributed by atoms with Crippen LogP contribution in [0.2, 0.25) is 0 Å². The number of hydrogen-bond acceptors (Lipinski definition) is 7. The monoisotopic (exact) mass is 343 g/mol. The van der Waals surface area contributed by atoms with Crippen molar-refractivity contribution in [2.24, 2.45) is 0 Å². The Hall–Kier alpha value is -1.97. The molecule has 0 aromatic heterocycles. The van der Waals surface area contributed by atoms with Crippen molar-refractivity contribution in [1.29, 1.82) is 0 Å². The summed E-state index contributed by atoms with van der Waals surface area (Å²) in [7, 11) is 2.11. The number of hydroxylamine groups is 1. The molecular weight excluding hydrogens is 322 g/mol. The number of rotatable bonds is 4. The fourth-order valence-corrected chi connectivity index (χ4v) is 2.82. The van der Waals surface area contributed by atoms with Crippen LogP contribution in [0.25, 0.3) is 0 Å². The first-order chi connectivity index (χ1) is 10.9. The highest BCUT2D eigenvalue weighted by Gasteiger charge is 2.26. The van der Waals surface area contributed by atoms with Gasteiger partial charge in [-0.25, -0.2) is 9.59 Å². The molecule has 8 nitrogen and oxygen atoms in total. The highest BCUT2D eigenvalue weighted by Crippen LogP contribution is 2.33. The lowest BCUT2D eigenvalue weighted by Crippen LogP contribution is -2.28. The molecule has 2 heterocycles. The van der Waals surface area contributed by atoms with Gasteiger partial charge in [-0.3, -0.25) is 5.21 Å². The molecule has 9 heteroatoms. The number of aliphatic carboxylic acids is 2. The first kappa shape index (κ1) is 19.1. The molecule has 0 unspecified atom stereocenters. The first-order valence-electron chi connectivity index (χ1n) is 6.97. The van der Waals surface area contributed by atoms with Gasteiger partial charge in [-0.2, -0.15) is 4.47 Å². The van der Waals surface area contributed by atoms with Crippen molar-refractivity contribution >= 4 is 24.1 Å². The summed E-state index contributed by atoms with van der Waals surface area (Å²) in [6, 6.07) is 0. The van der Waals surface area contributed by atoms with Crippen molar-refractivity contribution in [1.82, 2.24) is 14.1 Å². The molecule has 2 aliphatic heterocycles. The SMILES string of the molecule is C=CCCC1=C(C2=CCCN(C)C2)N(O)SN1.O=C(O)C(=O)O. The predicted octanol–water partition coefficient (Wildman–Crippen LogP) is 1.44. The van der Waals surface area contributed by atoms with Gasteiger partial charge in [0, 0.05) is 13.1 Å². The van der Waals surface area contributed by atoms with E-state index >= 15 is 0 Å². The maximum Gasteiger partial charge on any atom is 0.414 e. The molecule has 2 aliphatic rings. The lowest BCUT2D eigenvalue weighted by molar-refractivity contribution is -0.159. The average molecular weight is 343 g/mol. The van der Waals surface area contributed by atoms with Crippen molar-refractivity contribution < 1.29 is 25.0 Å². The Morgan fingerprint density at radius 3 is 2.61 bits per heavy atom. The lowest BCUT2D eigenvalue weighted by Gasteiger charge is -2.25. The summed E-state index contributed by atoms with van der Waals surface area (Å²) in [4.78, 5) is 20.5. The third kappa shape index (κ3) is 5.97. The van der Waals surface area contributed by atoms with Crippen LogP contribution in [0.15, 0.2) is 35.7 Å². The summed E-state index contributed by atoms with van der Waals surface area (Å²) >= 11 is 1.23. The second kappa shape index (κ2) is 9.23. The van der Waals surface area contributed by atoms with Crippen LogP contribution in [0.5, 0.6) is 0 Å². The van der Waals surface area contributed by atoms with Gasteiger partial charge in [-0.1, -0.05) is 12.2 Å². The second-order valence-corrected chi connectivity index (χ2v) is 5.72. The summed E-state index contributed by atoms with van der Waals surface area (Å²) in [6.45, 7) is 5.72. The van der Waals surface area contributed by atoms with E-state index in [-0.39, 0.29) is 0 Å². The number of likely N-dealkylation sites (N-methyl/N-ethyl adjacent to an activating group) is 1. The van der Waals surface area contributed by atoms with Crippen LogP contribution in [-0.4, -0.2) is 56.9 Å². The van der Waals surface area contributed by atoms with Gasteiger partial charge in [-0.05, 0) is 31.9 Å². The van der Waals surface area contributed by atoms with Crippen LogP contribution < -0.4 is 4.72 Å². The minimum atomic E-state index is -1.82. The third-order valence-electron chi connectivity index (χ3n) is 3.16. The van der Waals surface area contributed by atoms with Gasteiger partial charge in [0.05, 0.1) is 17.8 Å². The predicted molar refractivity (Wildman–Crippen MR) is 86.3 cm³/mol. The first-order valence-corrected chi connectivity index (χ1v) is 7.74. The van der Waals surface area contributed by atoms with Gasteiger partial charge in [0.2, 0.25) is 0 Å². The van der Waals surface area contributed by atoms with E-state index in [2.05, 4.69) is 29.3 Å². The zero-order valence-corrected chi connectivity index (χ0v) is 13.7. The zero-order valence-electron chi connectivity index (χ0n) is 12.9. The highest BCUT2D eigenvalue weighted by molar-refractivity contribution is 7.95. The molecule has 2 rings (SSSR count). The minimum Gasteiger partial charge on any atom is -0.473 e. The molecular formula is C14H21N3O5S. The van der Waals surface area contributed by atoms with Crippen LogP contribution in [0.1, 0.15) is 19.3 Å². The van der Waals surface area contributed by atoms with E-state index in [1.807, 2.05) is 6.08 Å². The number of hydrogen-bond donors (Lipinski definition) is 4. The van der Waals surface area contributed by atoms with Crippen molar-refractivity contribution in [2.45, 2.75) is 19.3 Å². The molecule has 0 aliphatic carbocycles. The molecule has 0 atom stereocenters. The van der Waals surface area contributed by atoms with Crippen molar-refractivity contribution in [3.05, 3.63) is 35.7 Å². The quantitative estimate of drug-likeness (QED) is 0.342. The van der Waals surface area contributed by atoms with Crippen LogP contribution in [0.3, 0.4) is 0 Å². The Bertz CT molecular complexity index is 521. The Morgan fingerprint density at radius 2 is 2.09 bits per heavy atom. The van der Waals surface area contributed by atoms with E-state index in [1.54, 1.807) is 0 Å². The molecule has 23 heavy (non-hydrogen) atoms. The Balaban J connectivity index is 0.000000379. The van der Waals surface area contributed by atoms with Gasteiger partial charge < -0.3 is 19.8 Å². The minimum absolute atomic E-state index is 0.893. The Kier molecular flexibility index (Phi) is 7.66. The number of carbonyl (C=O) groups is 2. The fourth-order valence-electron chi connectivity index (χ4n) is 2.11. The molecule has 0 bridgehead atoms. The molecule has 0 aromatic rings. The molecule has 128 valence electrons. The topological polar surface area (TPSA) is 113 Å². The van der Waals surface area contributed by atoms with Crippen molar-refractivity contribution in [3.63, 3.8) is 0 Å². The van der Waals surface area contributed by atoms with Crippen LogP contribution >= 0.6 is 12.1 Å². The van der Waals surface area contributed by atoms with Crippen molar-refractivity contribution in [3.8, 4) is 0 Å². The maximum atomic E-state index is 9.89. The third-order valence-corrected chi connectivity index (χ3v) is 3.85. The van der Waals surface area contributed by atoms with Gasteiger partial charge in [0.15, 0.2) is 0 Å². The highest BCUT2D eigenvalue weighted by atomic mass is 32.2. The molecule has 0 saturated carbocycles. The normalized spacial score (nSPS) is 17.8. The zero-order chi connectivity index (χ0) is 17.4. The fraction of sp³-hybridized carbons (Fsp3) is 0.429. The van der Waals surface area contributed by atoms with Gasteiger partial charge >= 0.3 is 11.9 Å². The number of allylic oxidation sites excluding steroid dienone is 2. The lowest BCUT2D eigenvalue weighted by atomic mass is 10.0. The molecule has 0 aromatic carbocycles. The van der Waals surface area contributed by atoms with Gasteiger partial charge in [0.1, 0.15) is 5.70 Å². The van der Waals surface area contributed by atoms with E-state index in [0.29, 0.717) is 0 Å². The molecule has 0 spiro atoms. The molecule has 0 amide bonds. The van der Waals surface area contributed by atoms with Crippen LogP contribution in [0.4, 0.5) is 0 Å². The van der Waals surface area contributed by atoms with E-state index < -0.39 is 11.9 Å². The number of nitrogens with one attached hydrogen (secondary N) is 1. The molecule has 0 fully saturated rings. The second-order valence-electron chi connectivity index (χ2n) is 4.99. The summed E-state index contributed by atoms with van der Waals surface area (Å²) in [5.41, 5.74) is 3.24. The van der Waals surface area contributed by atoms with Gasteiger partial charge in [-0.15, -0.1) is 6.58 Å². The van der Waals surface area contributed by atoms with Crippen molar-refractivity contribution in [2.75, 3.05) is 20.1 Å². The maximum absolute atomic E-state index is 9.89. The van der Waals surface area contributed by atoms with Gasteiger partial charge in [0.25, 0.3) is 0 Å². The van der Waals surface area contributed by atoms with Crippen LogP contribution in [0, 0.1) is 0 Å². The molecule has 0 saturated heterocycles. The smallest absolute Gasteiger partial charge is 0.414 e. The number of carboxylic acids is 2. The van der Waals surface area contributed by atoms with E-state index in [0.717, 1.165) is 43.7 Å². The number of carboxylic acid groups (broad SMARTS) is 2. The van der Waals surface area contributed by atoms with E-state index in [9.17, 15) is 5.21 Å². The summed E-state index contributed by atoms with van der Waals surface area (Å²) in [5.74, 6) is -3.65. The standard InChI is InChI=1S/C12H19N3OS.C2H2O4/c1-3-4-7-11-12(15(16)17-13-11)10-6-5-8-14(2)9-10;3-1(4)2(5)6/h3,6,13,16H,1,4-5,7-9H2,2H3;(H,3,4)(H,5,6). The Morgan fingerprint density at radius 1 is 1.43 bits per heavy atom. The Labute approximate surface area is 139 Å². The van der Waals surface area contributed by atoms with Crippen LogP contribution in [-0.2, 0) is 9.59 Å². The molecule has 0 radical (unpaired) electrons.